The normalized spacial score (nSPS) is 22.1. The van der Waals surface area contributed by atoms with Crippen LogP contribution >= 0.6 is 15.9 Å². The molecule has 0 aliphatic carbocycles. The monoisotopic (exact) mass is 332 g/mol. The Kier molecular flexibility index (Phi) is 3.81. The molecule has 20 heavy (non-hydrogen) atoms. The first kappa shape index (κ1) is 13.7. The van der Waals surface area contributed by atoms with Crippen molar-refractivity contribution in [1.29, 1.82) is 0 Å². The lowest BCUT2D eigenvalue weighted by molar-refractivity contribution is -0.879. The number of halogens is 1. The number of fused-ring (bicyclic) bond motifs is 1. The van der Waals surface area contributed by atoms with Crippen LogP contribution in [0.5, 0.6) is 5.75 Å². The third-order valence-corrected chi connectivity index (χ3v) is 4.79. The molecule has 0 saturated carbocycles. The second-order valence-electron chi connectivity index (χ2n) is 5.63. The fourth-order valence-electron chi connectivity index (χ4n) is 3.05. The van der Waals surface area contributed by atoms with E-state index in [2.05, 4.69) is 59.4 Å². The van der Waals surface area contributed by atoms with Gasteiger partial charge < -0.3 is 10.0 Å². The van der Waals surface area contributed by atoms with E-state index in [0.29, 0.717) is 11.7 Å². The highest BCUT2D eigenvalue weighted by molar-refractivity contribution is 9.10. The molecule has 0 amide bonds. The Bertz CT molecular complexity index is 612. The van der Waals surface area contributed by atoms with E-state index in [1.165, 1.54) is 21.6 Å². The highest BCUT2D eigenvalue weighted by atomic mass is 79.9. The second-order valence-corrected chi connectivity index (χ2v) is 6.48. The molecule has 0 fully saturated rings. The van der Waals surface area contributed by atoms with Gasteiger partial charge in [-0.25, -0.2) is 0 Å². The first-order chi connectivity index (χ1) is 9.65. The van der Waals surface area contributed by atoms with Crippen LogP contribution in [-0.2, 0) is 6.42 Å². The summed E-state index contributed by atoms with van der Waals surface area (Å²) in [6.45, 7) is 2.20. The highest BCUT2D eigenvalue weighted by Gasteiger charge is 2.26. The quantitative estimate of drug-likeness (QED) is 0.823. The molecule has 2 aromatic rings. The summed E-state index contributed by atoms with van der Waals surface area (Å²) in [4.78, 5) is 1.53. The molecule has 2 aromatic carbocycles. The van der Waals surface area contributed by atoms with Crippen LogP contribution in [0.2, 0.25) is 0 Å². The lowest BCUT2D eigenvalue weighted by atomic mass is 9.88. The molecule has 2 atom stereocenters. The van der Waals surface area contributed by atoms with E-state index in [0.717, 1.165) is 24.0 Å². The summed E-state index contributed by atoms with van der Waals surface area (Å²) in [6.07, 6.45) is 1.06. The first-order valence-corrected chi connectivity index (χ1v) is 7.82. The maximum absolute atomic E-state index is 10.0. The average molecular weight is 333 g/mol. The van der Waals surface area contributed by atoms with Crippen LogP contribution in [0.4, 0.5) is 0 Å². The number of likely N-dealkylation sites (N-methyl/N-ethyl adjacent to an activating group) is 1. The first-order valence-electron chi connectivity index (χ1n) is 7.02. The number of nitrogens with one attached hydrogen (secondary N) is 1. The van der Waals surface area contributed by atoms with Gasteiger partial charge in [0.1, 0.15) is 5.75 Å². The summed E-state index contributed by atoms with van der Waals surface area (Å²) in [5.41, 5.74) is 3.95. The van der Waals surface area contributed by atoms with Crippen molar-refractivity contribution in [2.75, 3.05) is 20.1 Å². The molecule has 0 spiro atoms. The number of phenolic OH excluding ortho intramolecular Hbond substituents is 1. The summed E-state index contributed by atoms with van der Waals surface area (Å²) in [5.74, 6) is 0.692. The maximum atomic E-state index is 10.0. The van der Waals surface area contributed by atoms with E-state index in [4.69, 9.17) is 0 Å². The molecule has 3 rings (SSSR count). The molecule has 1 aliphatic heterocycles. The molecule has 0 bridgehead atoms. The van der Waals surface area contributed by atoms with Gasteiger partial charge in [-0.1, -0.05) is 30.3 Å². The van der Waals surface area contributed by atoms with Gasteiger partial charge in [-0.3, -0.25) is 0 Å². The van der Waals surface area contributed by atoms with Gasteiger partial charge >= 0.3 is 0 Å². The number of benzene rings is 2. The standard InChI is InChI=1S/C17H18BrNO/c1-19-8-7-13-9-16(18)17(20)10-14(13)15(11-19)12-5-3-2-4-6-12/h2-6,9-10,15,20H,7-8,11H2,1H3/p+1/t15-/m1/s1. The van der Waals surface area contributed by atoms with Gasteiger partial charge in [0, 0.05) is 6.42 Å². The van der Waals surface area contributed by atoms with Crippen LogP contribution in [0.1, 0.15) is 22.6 Å². The Hall–Kier alpha value is -1.32. The Morgan fingerprint density at radius 2 is 1.95 bits per heavy atom. The van der Waals surface area contributed by atoms with Crippen molar-refractivity contribution in [3.05, 3.63) is 63.6 Å². The number of hydrogen-bond acceptors (Lipinski definition) is 1. The number of quaternary nitrogens is 1. The summed E-state index contributed by atoms with van der Waals surface area (Å²) < 4.78 is 0.794. The number of hydrogen-bond donors (Lipinski definition) is 2. The Balaban J connectivity index is 2.12. The summed E-state index contributed by atoms with van der Waals surface area (Å²) in [7, 11) is 2.25. The van der Waals surface area contributed by atoms with Crippen LogP contribution < -0.4 is 4.90 Å². The molecular weight excluding hydrogens is 314 g/mol. The minimum atomic E-state index is 0.337. The van der Waals surface area contributed by atoms with E-state index in [1.807, 2.05) is 6.07 Å². The van der Waals surface area contributed by atoms with E-state index in [9.17, 15) is 5.11 Å². The SMILES string of the molecule is C[NH+]1CCc2cc(Br)c(O)cc2[C@@H](c2ccccc2)C1. The zero-order chi connectivity index (χ0) is 14.1. The molecule has 0 saturated heterocycles. The van der Waals surface area contributed by atoms with Crippen LogP contribution in [0.25, 0.3) is 0 Å². The number of rotatable bonds is 1. The van der Waals surface area contributed by atoms with Gasteiger partial charge in [0.25, 0.3) is 0 Å². The fraction of sp³-hybridized carbons (Fsp3) is 0.294. The number of phenols is 1. The summed E-state index contributed by atoms with van der Waals surface area (Å²) in [6, 6.07) is 14.6. The third-order valence-electron chi connectivity index (χ3n) is 4.16. The fourth-order valence-corrected chi connectivity index (χ4v) is 3.44. The molecule has 1 unspecified atom stereocenters. The van der Waals surface area contributed by atoms with E-state index >= 15 is 0 Å². The van der Waals surface area contributed by atoms with Crippen molar-refractivity contribution in [2.45, 2.75) is 12.3 Å². The van der Waals surface area contributed by atoms with Gasteiger partial charge in [-0.05, 0) is 44.8 Å². The van der Waals surface area contributed by atoms with E-state index < -0.39 is 0 Å². The van der Waals surface area contributed by atoms with Crippen LogP contribution in [0.15, 0.2) is 46.9 Å². The Labute approximate surface area is 128 Å². The molecule has 0 aromatic heterocycles. The predicted molar refractivity (Wildman–Crippen MR) is 84.4 cm³/mol. The van der Waals surface area contributed by atoms with Gasteiger partial charge in [0.15, 0.2) is 0 Å². The largest absolute Gasteiger partial charge is 0.507 e. The van der Waals surface area contributed by atoms with Gasteiger partial charge in [-0.15, -0.1) is 0 Å². The molecular formula is C17H19BrNO+. The molecule has 1 aliphatic rings. The molecule has 2 nitrogen and oxygen atoms in total. The lowest BCUT2D eigenvalue weighted by Crippen LogP contribution is -3.09. The van der Waals surface area contributed by atoms with Gasteiger partial charge in [-0.2, -0.15) is 0 Å². The summed E-state index contributed by atoms with van der Waals surface area (Å²) >= 11 is 3.43. The van der Waals surface area contributed by atoms with Crippen LogP contribution in [0.3, 0.4) is 0 Å². The summed E-state index contributed by atoms with van der Waals surface area (Å²) in [5, 5.41) is 10.0. The highest BCUT2D eigenvalue weighted by Crippen LogP contribution is 2.34. The smallest absolute Gasteiger partial charge is 0.130 e. The number of aromatic hydroxyl groups is 1. The average Bonchev–Trinajstić information content (AvgIpc) is 2.61. The van der Waals surface area contributed by atoms with Crippen molar-refractivity contribution in [3.63, 3.8) is 0 Å². The predicted octanol–water partition coefficient (Wildman–Crippen LogP) is 2.36. The minimum absolute atomic E-state index is 0.337. The molecule has 1 heterocycles. The topological polar surface area (TPSA) is 24.7 Å². The van der Waals surface area contributed by atoms with Crippen molar-refractivity contribution >= 4 is 15.9 Å². The second kappa shape index (κ2) is 5.58. The van der Waals surface area contributed by atoms with Crippen LogP contribution in [0, 0.1) is 0 Å². The van der Waals surface area contributed by atoms with E-state index in [1.54, 1.807) is 0 Å². The van der Waals surface area contributed by atoms with E-state index in [-0.39, 0.29) is 0 Å². The Morgan fingerprint density at radius 3 is 2.70 bits per heavy atom. The molecule has 104 valence electrons. The zero-order valence-electron chi connectivity index (χ0n) is 11.6. The maximum Gasteiger partial charge on any atom is 0.130 e. The minimum Gasteiger partial charge on any atom is -0.507 e. The van der Waals surface area contributed by atoms with Crippen molar-refractivity contribution in [3.8, 4) is 5.75 Å². The molecule has 3 heteroatoms. The zero-order valence-corrected chi connectivity index (χ0v) is 13.2. The molecule has 0 radical (unpaired) electrons. The lowest BCUT2D eigenvalue weighted by Gasteiger charge is -2.20. The molecule has 2 N–H and O–H groups in total. The van der Waals surface area contributed by atoms with Crippen LogP contribution in [-0.4, -0.2) is 25.2 Å². The van der Waals surface area contributed by atoms with Crippen molar-refractivity contribution in [1.82, 2.24) is 0 Å². The van der Waals surface area contributed by atoms with Gasteiger partial charge in [0.05, 0.1) is 30.5 Å². The van der Waals surface area contributed by atoms with Crippen molar-refractivity contribution in [2.24, 2.45) is 0 Å². The van der Waals surface area contributed by atoms with Gasteiger partial charge in [0.2, 0.25) is 0 Å². The Morgan fingerprint density at radius 1 is 1.20 bits per heavy atom. The third kappa shape index (κ3) is 2.60. The van der Waals surface area contributed by atoms with Crippen molar-refractivity contribution < 1.29 is 10.0 Å².